The summed E-state index contributed by atoms with van der Waals surface area (Å²) in [6.07, 6.45) is 4.98. The van der Waals surface area contributed by atoms with Gasteiger partial charge in [0.25, 0.3) is 5.69 Å². The van der Waals surface area contributed by atoms with Crippen LogP contribution < -0.4 is 5.32 Å². The minimum Gasteiger partial charge on any atom is -0.392 e. The average molecular weight is 408 g/mol. The van der Waals surface area contributed by atoms with Gasteiger partial charge in [-0.3, -0.25) is 25.1 Å². The average Bonchev–Trinajstić information content (AvgIpc) is 2.69. The van der Waals surface area contributed by atoms with Gasteiger partial charge in [0.2, 0.25) is 0 Å². The highest BCUT2D eigenvalue weighted by Gasteiger charge is 2.35. The lowest BCUT2D eigenvalue weighted by Crippen LogP contribution is -2.50. The third-order valence-corrected chi connectivity index (χ3v) is 6.23. The number of rotatable bonds is 6. The number of anilines is 1. The van der Waals surface area contributed by atoms with Gasteiger partial charge in [-0.15, -0.1) is 0 Å². The van der Waals surface area contributed by atoms with Gasteiger partial charge in [0, 0.05) is 36.8 Å². The molecule has 1 aliphatic carbocycles. The van der Waals surface area contributed by atoms with Crippen molar-refractivity contribution in [3.63, 3.8) is 0 Å². The van der Waals surface area contributed by atoms with Gasteiger partial charge < -0.3 is 15.5 Å². The number of aliphatic hydroxyl groups excluding tert-OH is 2. The molecule has 10 heteroatoms. The molecule has 2 unspecified atom stereocenters. The lowest BCUT2D eigenvalue weighted by molar-refractivity contribution is -0.392. The molecule has 2 atom stereocenters. The second-order valence-electron chi connectivity index (χ2n) is 7.95. The van der Waals surface area contributed by atoms with E-state index < -0.39 is 22.1 Å². The first-order valence-corrected chi connectivity index (χ1v) is 10.1. The molecule has 0 amide bonds. The van der Waals surface area contributed by atoms with E-state index in [1.54, 1.807) is 0 Å². The molecule has 1 saturated heterocycles. The number of nitrogens with one attached hydrogen (secondary N) is 1. The van der Waals surface area contributed by atoms with Crippen molar-refractivity contribution in [1.82, 2.24) is 4.90 Å². The largest absolute Gasteiger partial charge is 0.392 e. The van der Waals surface area contributed by atoms with Crippen LogP contribution in [0.2, 0.25) is 0 Å². The molecule has 1 aromatic carbocycles. The van der Waals surface area contributed by atoms with Gasteiger partial charge in [-0.25, -0.2) is 0 Å². The van der Waals surface area contributed by atoms with Crippen LogP contribution in [-0.2, 0) is 6.61 Å². The maximum atomic E-state index is 11.6. The van der Waals surface area contributed by atoms with E-state index in [1.807, 2.05) is 0 Å². The van der Waals surface area contributed by atoms with Gasteiger partial charge in [-0.2, -0.15) is 0 Å². The Morgan fingerprint density at radius 1 is 1.14 bits per heavy atom. The molecule has 1 aliphatic heterocycles. The van der Waals surface area contributed by atoms with Crippen LogP contribution >= 0.6 is 0 Å². The van der Waals surface area contributed by atoms with Crippen LogP contribution in [0.15, 0.2) is 6.07 Å². The SMILES string of the molecule is Cc1c(CO)cc([N+](=O)[O-])c(NC2CCN(C3CCCCC3O)CC2)c1[N+](=O)[O-]. The number of benzene rings is 1. The van der Waals surface area contributed by atoms with Gasteiger partial charge in [0.1, 0.15) is 0 Å². The van der Waals surface area contributed by atoms with Crippen LogP contribution in [0.5, 0.6) is 0 Å². The summed E-state index contributed by atoms with van der Waals surface area (Å²) in [5, 5.41) is 45.9. The van der Waals surface area contributed by atoms with Crippen molar-refractivity contribution in [2.75, 3.05) is 18.4 Å². The predicted molar refractivity (Wildman–Crippen MR) is 107 cm³/mol. The van der Waals surface area contributed by atoms with Gasteiger partial charge in [0.15, 0.2) is 5.69 Å². The van der Waals surface area contributed by atoms with Crippen LogP contribution in [0.1, 0.15) is 49.7 Å². The Kier molecular flexibility index (Phi) is 6.66. The van der Waals surface area contributed by atoms with Gasteiger partial charge in [0.05, 0.1) is 22.6 Å². The molecule has 10 nitrogen and oxygen atoms in total. The molecular weight excluding hydrogens is 380 g/mol. The Morgan fingerprint density at radius 3 is 2.34 bits per heavy atom. The number of hydrogen-bond acceptors (Lipinski definition) is 8. The van der Waals surface area contributed by atoms with E-state index in [0.717, 1.165) is 38.8 Å². The molecule has 2 fully saturated rings. The molecule has 0 aromatic heterocycles. The first-order chi connectivity index (χ1) is 13.8. The molecule has 1 saturated carbocycles. The summed E-state index contributed by atoms with van der Waals surface area (Å²) >= 11 is 0. The van der Waals surface area contributed by atoms with Crippen molar-refractivity contribution < 1.29 is 20.1 Å². The van der Waals surface area contributed by atoms with E-state index in [4.69, 9.17) is 0 Å². The second-order valence-corrected chi connectivity index (χ2v) is 7.95. The molecule has 160 valence electrons. The number of nitrogens with zero attached hydrogens (tertiary/aromatic N) is 3. The van der Waals surface area contributed by atoms with Gasteiger partial charge in [-0.05, 0) is 38.2 Å². The smallest absolute Gasteiger partial charge is 0.302 e. The van der Waals surface area contributed by atoms with Crippen LogP contribution in [0.3, 0.4) is 0 Å². The molecule has 0 spiro atoms. The van der Waals surface area contributed by atoms with Crippen LogP contribution in [0.4, 0.5) is 17.1 Å². The van der Waals surface area contributed by atoms with E-state index in [1.165, 1.54) is 13.0 Å². The predicted octanol–water partition coefficient (Wildman–Crippen LogP) is 2.48. The summed E-state index contributed by atoms with van der Waals surface area (Å²) in [4.78, 5) is 24.2. The third-order valence-electron chi connectivity index (χ3n) is 6.23. The third kappa shape index (κ3) is 4.49. The lowest BCUT2D eigenvalue weighted by Gasteiger charge is -2.41. The van der Waals surface area contributed by atoms with Crippen LogP contribution in [0, 0.1) is 27.2 Å². The molecule has 3 rings (SSSR count). The zero-order valence-corrected chi connectivity index (χ0v) is 16.5. The number of aliphatic hydroxyl groups is 2. The fourth-order valence-electron chi connectivity index (χ4n) is 4.58. The van der Waals surface area contributed by atoms with E-state index >= 15 is 0 Å². The van der Waals surface area contributed by atoms with E-state index in [9.17, 15) is 30.4 Å². The van der Waals surface area contributed by atoms with E-state index in [0.29, 0.717) is 12.8 Å². The standard InChI is InChI=1S/C19H28N4O6/c1-12-13(11-24)10-16(22(26)27)18(19(12)23(28)29)20-14-6-8-21(9-7-14)15-4-2-3-5-17(15)25/h10,14-15,17,20,24-25H,2-9,11H2,1H3. The summed E-state index contributed by atoms with van der Waals surface area (Å²) in [5.74, 6) is 0. The summed E-state index contributed by atoms with van der Waals surface area (Å²) in [7, 11) is 0. The number of nitro benzene ring substituents is 2. The van der Waals surface area contributed by atoms with Crippen molar-refractivity contribution in [2.45, 2.75) is 70.2 Å². The highest BCUT2D eigenvalue weighted by molar-refractivity contribution is 5.78. The Morgan fingerprint density at radius 2 is 1.79 bits per heavy atom. The van der Waals surface area contributed by atoms with E-state index in [-0.39, 0.29) is 40.7 Å². The number of likely N-dealkylation sites (tertiary alicyclic amines) is 1. The lowest BCUT2D eigenvalue weighted by atomic mass is 9.89. The van der Waals surface area contributed by atoms with Gasteiger partial charge in [-0.1, -0.05) is 12.8 Å². The summed E-state index contributed by atoms with van der Waals surface area (Å²) in [6.45, 7) is 2.45. The minimum absolute atomic E-state index is 0.0918. The molecule has 2 aliphatic rings. The highest BCUT2D eigenvalue weighted by atomic mass is 16.6. The maximum Gasteiger partial charge on any atom is 0.302 e. The maximum absolute atomic E-state index is 11.6. The van der Waals surface area contributed by atoms with Crippen molar-refractivity contribution >= 4 is 17.1 Å². The second kappa shape index (κ2) is 9.02. The molecule has 1 aromatic rings. The van der Waals surface area contributed by atoms with Crippen LogP contribution in [-0.4, -0.2) is 56.2 Å². The van der Waals surface area contributed by atoms with Crippen molar-refractivity contribution in [1.29, 1.82) is 0 Å². The monoisotopic (exact) mass is 408 g/mol. The fourth-order valence-corrected chi connectivity index (χ4v) is 4.58. The first kappa shape index (κ1) is 21.4. The zero-order valence-electron chi connectivity index (χ0n) is 16.5. The number of nitro groups is 2. The molecule has 29 heavy (non-hydrogen) atoms. The molecule has 0 radical (unpaired) electrons. The molecule has 1 heterocycles. The topological polar surface area (TPSA) is 142 Å². The Bertz CT molecular complexity index is 778. The molecular formula is C19H28N4O6. The van der Waals surface area contributed by atoms with Crippen molar-refractivity contribution in [3.8, 4) is 0 Å². The number of hydrogen-bond donors (Lipinski definition) is 3. The molecule has 0 bridgehead atoms. The van der Waals surface area contributed by atoms with E-state index in [2.05, 4.69) is 10.2 Å². The minimum atomic E-state index is -0.651. The van der Waals surface area contributed by atoms with Crippen LogP contribution in [0.25, 0.3) is 0 Å². The normalized spacial score (nSPS) is 23.7. The first-order valence-electron chi connectivity index (χ1n) is 10.1. The van der Waals surface area contributed by atoms with Gasteiger partial charge >= 0.3 is 5.69 Å². The number of piperidine rings is 1. The Balaban J connectivity index is 1.79. The summed E-state index contributed by atoms with van der Waals surface area (Å²) < 4.78 is 0. The van der Waals surface area contributed by atoms with Crippen molar-refractivity contribution in [2.24, 2.45) is 0 Å². The quantitative estimate of drug-likeness (QED) is 0.481. The van der Waals surface area contributed by atoms with Crippen molar-refractivity contribution in [3.05, 3.63) is 37.4 Å². The zero-order chi connectivity index (χ0) is 21.1. The Hall–Kier alpha value is -2.30. The highest BCUT2D eigenvalue weighted by Crippen LogP contribution is 2.40. The Labute approximate surface area is 168 Å². The summed E-state index contributed by atoms with van der Waals surface area (Å²) in [6, 6.07) is 1.22. The fraction of sp³-hybridized carbons (Fsp3) is 0.684. The molecule has 3 N–H and O–H groups in total. The summed E-state index contributed by atoms with van der Waals surface area (Å²) in [5.41, 5.74) is -0.431.